The fourth-order valence-corrected chi connectivity index (χ4v) is 3.06. The molecule has 2 aromatic carbocycles. The van der Waals surface area contributed by atoms with Crippen molar-refractivity contribution in [1.29, 1.82) is 0 Å². The number of nitrogens with two attached hydrogens (primary N) is 1. The Balaban J connectivity index is 2.23. The Bertz CT molecular complexity index is 937. The van der Waals surface area contributed by atoms with Crippen LogP contribution in [0.4, 0.5) is 8.78 Å². The highest BCUT2D eigenvalue weighted by Crippen LogP contribution is 2.32. The van der Waals surface area contributed by atoms with E-state index in [1.165, 1.54) is 12.1 Å². The number of rotatable bonds is 5. The van der Waals surface area contributed by atoms with E-state index < -0.39 is 6.43 Å². The summed E-state index contributed by atoms with van der Waals surface area (Å²) in [5, 5.41) is 11.1. The number of alkyl halides is 2. The maximum Gasteiger partial charge on any atom is 0.263 e. The fraction of sp³-hybridized carbons (Fsp3) is 0.167. The molecule has 0 spiro atoms. The van der Waals surface area contributed by atoms with Crippen LogP contribution >= 0.6 is 15.9 Å². The van der Waals surface area contributed by atoms with Crippen molar-refractivity contribution in [2.45, 2.75) is 6.43 Å². The van der Waals surface area contributed by atoms with Crippen LogP contribution in [0, 0.1) is 0 Å². The van der Waals surface area contributed by atoms with Crippen LogP contribution in [0.25, 0.3) is 10.9 Å². The van der Waals surface area contributed by atoms with Crippen LogP contribution in [0.3, 0.4) is 0 Å². The minimum atomic E-state index is -2.58. The summed E-state index contributed by atoms with van der Waals surface area (Å²) in [5.41, 5.74) is 7.58. The van der Waals surface area contributed by atoms with Crippen LogP contribution < -0.4 is 5.73 Å². The van der Waals surface area contributed by atoms with E-state index in [-0.39, 0.29) is 11.4 Å². The number of aliphatic imine (C=N–C) groups is 1. The molecule has 4 N–H and O–H groups in total. The van der Waals surface area contributed by atoms with Gasteiger partial charge in [0.1, 0.15) is 0 Å². The Kier molecular flexibility index (Phi) is 5.15. The molecule has 0 unspecified atom stereocenters. The Morgan fingerprint density at radius 3 is 2.76 bits per heavy atom. The van der Waals surface area contributed by atoms with E-state index in [4.69, 9.17) is 5.73 Å². The molecule has 0 aliphatic rings. The largest absolute Gasteiger partial charge is 0.494 e. The lowest BCUT2D eigenvalue weighted by molar-refractivity contribution is 0.151. The van der Waals surface area contributed by atoms with E-state index in [1.807, 2.05) is 18.2 Å². The summed E-state index contributed by atoms with van der Waals surface area (Å²) in [6, 6.07) is 11.5. The zero-order valence-corrected chi connectivity index (χ0v) is 14.7. The molecule has 3 aromatic rings. The Hall–Kier alpha value is -2.25. The number of H-pyrrole nitrogens is 1. The Morgan fingerprint density at radius 2 is 2.04 bits per heavy atom. The molecule has 0 fully saturated rings. The second-order valence-corrected chi connectivity index (χ2v) is 6.40. The van der Waals surface area contributed by atoms with Gasteiger partial charge in [0, 0.05) is 33.0 Å². The van der Waals surface area contributed by atoms with Gasteiger partial charge in [0.15, 0.2) is 5.88 Å². The number of nitrogens with zero attached hydrogens (tertiary/aromatic N) is 1. The molecule has 0 aliphatic heterocycles. The highest BCUT2D eigenvalue weighted by atomic mass is 79.9. The molecule has 130 valence electrons. The van der Waals surface area contributed by atoms with Crippen molar-refractivity contribution in [2.24, 2.45) is 10.7 Å². The molecule has 7 heteroatoms. The lowest BCUT2D eigenvalue weighted by Crippen LogP contribution is -2.09. The van der Waals surface area contributed by atoms with E-state index in [1.54, 1.807) is 12.1 Å². The highest BCUT2D eigenvalue weighted by molar-refractivity contribution is 9.10. The van der Waals surface area contributed by atoms with Gasteiger partial charge in [-0.2, -0.15) is 0 Å². The zero-order valence-electron chi connectivity index (χ0n) is 13.1. The molecule has 0 atom stereocenters. The van der Waals surface area contributed by atoms with Gasteiger partial charge in [-0.15, -0.1) is 0 Å². The summed E-state index contributed by atoms with van der Waals surface area (Å²) in [5.74, 6) is -0.0636. The fourth-order valence-electron chi connectivity index (χ4n) is 2.70. The van der Waals surface area contributed by atoms with Gasteiger partial charge in [0.2, 0.25) is 0 Å². The van der Waals surface area contributed by atoms with Crippen LogP contribution in [-0.4, -0.2) is 28.9 Å². The third-order valence-corrected chi connectivity index (χ3v) is 4.28. The molecule has 0 saturated heterocycles. The molecule has 3 rings (SSSR count). The van der Waals surface area contributed by atoms with Crippen molar-refractivity contribution < 1.29 is 13.9 Å². The van der Waals surface area contributed by atoms with Crippen molar-refractivity contribution in [3.05, 3.63) is 63.6 Å². The maximum absolute atomic E-state index is 13.1. The number of fused-ring (bicyclic) bond motifs is 1. The standard InChI is InChI=1S/C18H16BrF2N3O/c19-12-4-5-14-13(9-12)15(18(25)24-14)16(23-7-6-22)10-2-1-3-11(8-10)17(20)21/h1-5,8-9,17,24-25H,6-7,22H2. The quantitative estimate of drug-likeness (QED) is 0.549. The van der Waals surface area contributed by atoms with Gasteiger partial charge in [-0.25, -0.2) is 8.78 Å². The smallest absolute Gasteiger partial charge is 0.263 e. The van der Waals surface area contributed by atoms with Crippen LogP contribution in [0.15, 0.2) is 51.9 Å². The van der Waals surface area contributed by atoms with Gasteiger partial charge < -0.3 is 15.8 Å². The molecular weight excluding hydrogens is 392 g/mol. The number of halogens is 3. The first-order valence-corrected chi connectivity index (χ1v) is 8.44. The van der Waals surface area contributed by atoms with Crippen molar-refractivity contribution in [3.63, 3.8) is 0 Å². The number of nitrogens with one attached hydrogen (secondary N) is 1. The number of benzene rings is 2. The van der Waals surface area contributed by atoms with E-state index in [0.29, 0.717) is 29.9 Å². The van der Waals surface area contributed by atoms with Gasteiger partial charge in [0.25, 0.3) is 6.43 Å². The summed E-state index contributed by atoms with van der Waals surface area (Å²) in [7, 11) is 0. The summed E-state index contributed by atoms with van der Waals surface area (Å²) in [4.78, 5) is 7.34. The Morgan fingerprint density at radius 1 is 1.24 bits per heavy atom. The molecular formula is C18H16BrF2N3O. The van der Waals surface area contributed by atoms with E-state index in [2.05, 4.69) is 25.9 Å². The van der Waals surface area contributed by atoms with E-state index in [9.17, 15) is 13.9 Å². The van der Waals surface area contributed by atoms with Gasteiger partial charge in [-0.1, -0.05) is 34.1 Å². The summed E-state index contributed by atoms with van der Waals surface area (Å²) < 4.78 is 27.0. The Labute approximate surface area is 151 Å². The molecule has 0 bridgehead atoms. The minimum absolute atomic E-state index is 0.0636. The molecule has 1 heterocycles. The lowest BCUT2D eigenvalue weighted by atomic mass is 9.99. The van der Waals surface area contributed by atoms with Crippen molar-refractivity contribution in [3.8, 4) is 5.88 Å². The molecule has 1 aromatic heterocycles. The number of aromatic amines is 1. The SMILES string of the molecule is NCCN=C(c1cccc(C(F)F)c1)c1c(O)[nH]c2ccc(Br)cc12. The van der Waals surface area contributed by atoms with Gasteiger partial charge in [-0.3, -0.25) is 4.99 Å². The second-order valence-electron chi connectivity index (χ2n) is 5.48. The topological polar surface area (TPSA) is 74.4 Å². The van der Waals surface area contributed by atoms with Gasteiger partial charge in [0.05, 0.1) is 17.8 Å². The summed E-state index contributed by atoms with van der Waals surface area (Å²) in [6.45, 7) is 0.624. The normalized spacial score (nSPS) is 12.3. The van der Waals surface area contributed by atoms with E-state index >= 15 is 0 Å². The lowest BCUT2D eigenvalue weighted by Gasteiger charge is -2.09. The second kappa shape index (κ2) is 7.33. The van der Waals surface area contributed by atoms with Gasteiger partial charge >= 0.3 is 0 Å². The predicted molar refractivity (Wildman–Crippen MR) is 98.6 cm³/mol. The summed E-state index contributed by atoms with van der Waals surface area (Å²) >= 11 is 3.41. The van der Waals surface area contributed by atoms with Crippen LogP contribution in [0.2, 0.25) is 0 Å². The molecule has 0 amide bonds. The average Bonchev–Trinajstić information content (AvgIpc) is 2.91. The number of hydrogen-bond acceptors (Lipinski definition) is 3. The van der Waals surface area contributed by atoms with Crippen molar-refractivity contribution in [2.75, 3.05) is 13.1 Å². The monoisotopic (exact) mass is 407 g/mol. The first-order chi connectivity index (χ1) is 12.0. The molecule has 25 heavy (non-hydrogen) atoms. The van der Waals surface area contributed by atoms with Crippen LogP contribution in [0.5, 0.6) is 5.88 Å². The third kappa shape index (κ3) is 3.57. The summed E-state index contributed by atoms with van der Waals surface area (Å²) in [6.07, 6.45) is -2.58. The first-order valence-electron chi connectivity index (χ1n) is 7.65. The predicted octanol–water partition coefficient (Wildman–Crippen LogP) is 4.37. The highest BCUT2D eigenvalue weighted by Gasteiger charge is 2.19. The molecule has 0 saturated carbocycles. The van der Waals surface area contributed by atoms with Crippen LogP contribution in [-0.2, 0) is 0 Å². The third-order valence-electron chi connectivity index (χ3n) is 3.79. The maximum atomic E-state index is 13.1. The van der Waals surface area contributed by atoms with E-state index in [0.717, 1.165) is 15.4 Å². The first kappa shape index (κ1) is 17.6. The van der Waals surface area contributed by atoms with Gasteiger partial charge in [-0.05, 0) is 24.3 Å². The van der Waals surface area contributed by atoms with Crippen molar-refractivity contribution >= 4 is 32.5 Å². The number of hydrogen-bond donors (Lipinski definition) is 3. The van der Waals surface area contributed by atoms with Crippen LogP contribution in [0.1, 0.15) is 23.1 Å². The molecule has 4 nitrogen and oxygen atoms in total. The van der Waals surface area contributed by atoms with Crippen molar-refractivity contribution in [1.82, 2.24) is 4.98 Å². The molecule has 0 aliphatic carbocycles. The zero-order chi connectivity index (χ0) is 18.0. The average molecular weight is 408 g/mol. The number of aromatic hydroxyl groups is 1. The number of aromatic nitrogens is 1. The molecule has 0 radical (unpaired) electrons. The minimum Gasteiger partial charge on any atom is -0.494 e.